The number of anilines is 2. The van der Waals surface area contributed by atoms with Gasteiger partial charge in [-0.3, -0.25) is 9.10 Å². The highest BCUT2D eigenvalue weighted by Gasteiger charge is 2.27. The molecule has 0 aliphatic carbocycles. The molecule has 0 spiro atoms. The molecule has 0 heterocycles. The topological polar surface area (TPSA) is 66.5 Å². The first-order chi connectivity index (χ1) is 14.2. The molecule has 3 rings (SSSR count). The minimum absolute atomic E-state index is 0.0702. The summed E-state index contributed by atoms with van der Waals surface area (Å²) in [6, 6.07) is 16.8. The molecule has 3 aromatic rings. The summed E-state index contributed by atoms with van der Waals surface area (Å²) in [5, 5.41) is 2.42. The van der Waals surface area contributed by atoms with E-state index in [1.165, 1.54) is 24.3 Å². The van der Waals surface area contributed by atoms with Gasteiger partial charge in [0.25, 0.3) is 10.0 Å². The minimum atomic E-state index is -4.00. The maximum absolute atomic E-state index is 13.3. The van der Waals surface area contributed by atoms with Gasteiger partial charge in [-0.25, -0.2) is 12.8 Å². The van der Waals surface area contributed by atoms with Gasteiger partial charge in [0.05, 0.1) is 15.6 Å². The number of rotatable bonds is 6. The van der Waals surface area contributed by atoms with Crippen molar-refractivity contribution in [3.05, 3.63) is 88.7 Å². The van der Waals surface area contributed by atoms with Crippen LogP contribution in [0.25, 0.3) is 0 Å². The Balaban J connectivity index is 1.95. The summed E-state index contributed by atoms with van der Waals surface area (Å²) >= 11 is 5.75. The number of carbonyl (C=O) groups excluding carboxylic acids is 1. The van der Waals surface area contributed by atoms with Gasteiger partial charge in [-0.1, -0.05) is 35.9 Å². The number of nitrogens with one attached hydrogen (secondary N) is 1. The third kappa shape index (κ3) is 4.80. The maximum Gasteiger partial charge on any atom is 0.264 e. The average Bonchev–Trinajstić information content (AvgIpc) is 2.72. The molecular formula is C22H20ClFN2O3S. The summed E-state index contributed by atoms with van der Waals surface area (Å²) in [4.78, 5) is 12.7. The monoisotopic (exact) mass is 446 g/mol. The highest BCUT2D eigenvalue weighted by atomic mass is 35.5. The number of carbonyl (C=O) groups is 1. The van der Waals surface area contributed by atoms with E-state index in [1.54, 1.807) is 36.4 Å². The number of hydrogen-bond acceptors (Lipinski definition) is 3. The predicted molar refractivity (Wildman–Crippen MR) is 117 cm³/mol. The number of amides is 1. The molecule has 0 aliphatic heterocycles. The molecule has 0 saturated carbocycles. The second kappa shape index (κ2) is 8.85. The number of benzene rings is 3. The van der Waals surface area contributed by atoms with Crippen LogP contribution in [0.3, 0.4) is 0 Å². The van der Waals surface area contributed by atoms with Crippen LogP contribution in [-0.2, 0) is 14.8 Å². The minimum Gasteiger partial charge on any atom is -0.324 e. The molecule has 0 aliphatic rings. The summed E-state index contributed by atoms with van der Waals surface area (Å²) in [6.07, 6.45) is 0. The van der Waals surface area contributed by atoms with E-state index in [0.29, 0.717) is 5.69 Å². The molecular weight excluding hydrogens is 427 g/mol. The van der Waals surface area contributed by atoms with Crippen LogP contribution in [0.15, 0.2) is 71.6 Å². The van der Waals surface area contributed by atoms with Crippen molar-refractivity contribution in [2.24, 2.45) is 0 Å². The number of sulfonamides is 1. The molecule has 0 radical (unpaired) electrons. The van der Waals surface area contributed by atoms with Gasteiger partial charge in [0.15, 0.2) is 0 Å². The number of halogens is 2. The number of hydrogen-bond donors (Lipinski definition) is 1. The first kappa shape index (κ1) is 21.8. The van der Waals surface area contributed by atoms with E-state index in [-0.39, 0.29) is 15.6 Å². The Hall–Kier alpha value is -2.90. The molecule has 1 N–H and O–H groups in total. The summed E-state index contributed by atoms with van der Waals surface area (Å²) in [7, 11) is -4.00. The van der Waals surface area contributed by atoms with Crippen molar-refractivity contribution in [1.29, 1.82) is 0 Å². The Kier molecular flexibility index (Phi) is 6.43. The van der Waals surface area contributed by atoms with Gasteiger partial charge in [-0.15, -0.1) is 0 Å². The van der Waals surface area contributed by atoms with Crippen LogP contribution in [-0.4, -0.2) is 20.9 Å². The van der Waals surface area contributed by atoms with E-state index >= 15 is 0 Å². The summed E-state index contributed by atoms with van der Waals surface area (Å²) in [6.45, 7) is 3.32. The SMILES string of the molecule is Cc1ccc(N(CC(=O)Nc2ccc(F)c(Cl)c2)S(=O)(=O)c2ccccc2)cc1C. The highest BCUT2D eigenvalue weighted by Crippen LogP contribution is 2.26. The fourth-order valence-corrected chi connectivity index (χ4v) is 4.43. The third-order valence-corrected chi connectivity index (χ3v) is 6.68. The van der Waals surface area contributed by atoms with Crippen molar-refractivity contribution < 1.29 is 17.6 Å². The quantitative estimate of drug-likeness (QED) is 0.583. The Labute approximate surface area is 180 Å². The Bertz CT molecular complexity index is 1180. The van der Waals surface area contributed by atoms with Gasteiger partial charge in [-0.05, 0) is 67.4 Å². The summed E-state index contributed by atoms with van der Waals surface area (Å²) in [5.41, 5.74) is 2.53. The Morgan fingerprint density at radius 1 is 1.00 bits per heavy atom. The van der Waals surface area contributed by atoms with Gasteiger partial charge in [0, 0.05) is 5.69 Å². The third-order valence-electron chi connectivity index (χ3n) is 4.60. The van der Waals surface area contributed by atoms with Crippen LogP contribution in [0.4, 0.5) is 15.8 Å². The smallest absolute Gasteiger partial charge is 0.264 e. The van der Waals surface area contributed by atoms with Crippen LogP contribution < -0.4 is 9.62 Å². The predicted octanol–water partition coefficient (Wildman–Crippen LogP) is 4.93. The Morgan fingerprint density at radius 3 is 2.33 bits per heavy atom. The van der Waals surface area contributed by atoms with E-state index in [4.69, 9.17) is 11.6 Å². The van der Waals surface area contributed by atoms with Crippen LogP contribution in [0, 0.1) is 19.7 Å². The number of nitrogens with zero attached hydrogens (tertiary/aromatic N) is 1. The standard InChI is InChI=1S/C22H20ClFN2O3S/c1-15-8-10-18(12-16(15)2)26(30(28,29)19-6-4-3-5-7-19)14-22(27)25-17-9-11-21(24)20(23)13-17/h3-13H,14H2,1-2H3,(H,25,27). The second-order valence-electron chi connectivity index (χ2n) is 6.77. The van der Waals surface area contributed by atoms with Gasteiger partial charge >= 0.3 is 0 Å². The molecule has 30 heavy (non-hydrogen) atoms. The molecule has 156 valence electrons. The number of aryl methyl sites for hydroxylation is 2. The summed E-state index contributed by atoms with van der Waals surface area (Å²) < 4.78 is 41.0. The van der Waals surface area contributed by atoms with Crippen molar-refractivity contribution >= 4 is 38.9 Å². The fraction of sp³-hybridized carbons (Fsp3) is 0.136. The maximum atomic E-state index is 13.3. The highest BCUT2D eigenvalue weighted by molar-refractivity contribution is 7.92. The molecule has 0 atom stereocenters. The molecule has 5 nitrogen and oxygen atoms in total. The lowest BCUT2D eigenvalue weighted by molar-refractivity contribution is -0.114. The summed E-state index contributed by atoms with van der Waals surface area (Å²) in [5.74, 6) is -1.20. The first-order valence-electron chi connectivity index (χ1n) is 9.08. The van der Waals surface area contributed by atoms with E-state index in [9.17, 15) is 17.6 Å². The van der Waals surface area contributed by atoms with E-state index in [0.717, 1.165) is 21.5 Å². The molecule has 0 saturated heterocycles. The molecule has 0 aromatic heterocycles. The molecule has 1 amide bonds. The zero-order chi connectivity index (χ0) is 21.9. The van der Waals surface area contributed by atoms with Crippen LogP contribution >= 0.6 is 11.6 Å². The average molecular weight is 447 g/mol. The largest absolute Gasteiger partial charge is 0.324 e. The lowest BCUT2D eigenvalue weighted by Crippen LogP contribution is -2.38. The van der Waals surface area contributed by atoms with Crippen molar-refractivity contribution in [2.45, 2.75) is 18.7 Å². The lowest BCUT2D eigenvalue weighted by atomic mass is 10.1. The van der Waals surface area contributed by atoms with E-state index < -0.39 is 28.3 Å². The van der Waals surface area contributed by atoms with E-state index in [1.807, 2.05) is 13.8 Å². The van der Waals surface area contributed by atoms with Crippen molar-refractivity contribution in [3.8, 4) is 0 Å². The van der Waals surface area contributed by atoms with Gasteiger partial charge in [0.2, 0.25) is 5.91 Å². The zero-order valence-electron chi connectivity index (χ0n) is 16.4. The van der Waals surface area contributed by atoms with Crippen LogP contribution in [0.5, 0.6) is 0 Å². The van der Waals surface area contributed by atoms with Gasteiger partial charge in [-0.2, -0.15) is 0 Å². The van der Waals surface area contributed by atoms with Crippen molar-refractivity contribution in [3.63, 3.8) is 0 Å². The van der Waals surface area contributed by atoms with Gasteiger partial charge < -0.3 is 5.32 Å². The lowest BCUT2D eigenvalue weighted by Gasteiger charge is -2.25. The van der Waals surface area contributed by atoms with Gasteiger partial charge in [0.1, 0.15) is 12.4 Å². The van der Waals surface area contributed by atoms with Crippen LogP contribution in [0.1, 0.15) is 11.1 Å². The van der Waals surface area contributed by atoms with Crippen molar-refractivity contribution in [1.82, 2.24) is 0 Å². The Morgan fingerprint density at radius 2 is 1.70 bits per heavy atom. The van der Waals surface area contributed by atoms with Crippen molar-refractivity contribution in [2.75, 3.05) is 16.2 Å². The molecule has 0 bridgehead atoms. The molecule has 3 aromatic carbocycles. The molecule has 0 unspecified atom stereocenters. The second-order valence-corrected chi connectivity index (χ2v) is 9.04. The molecule has 8 heteroatoms. The molecule has 0 fully saturated rings. The fourth-order valence-electron chi connectivity index (χ4n) is 2.82. The first-order valence-corrected chi connectivity index (χ1v) is 10.9. The van der Waals surface area contributed by atoms with E-state index in [2.05, 4.69) is 5.32 Å². The zero-order valence-corrected chi connectivity index (χ0v) is 18.0. The normalized spacial score (nSPS) is 11.2. The van der Waals surface area contributed by atoms with Crippen LogP contribution in [0.2, 0.25) is 5.02 Å².